The molecule has 0 heterocycles. The van der Waals surface area contributed by atoms with E-state index in [1.54, 1.807) is 0 Å². The van der Waals surface area contributed by atoms with Crippen LogP contribution in [0.2, 0.25) is 0 Å². The molecule has 0 spiro atoms. The topological polar surface area (TPSA) is 0 Å². The molecule has 0 atom stereocenters. The lowest BCUT2D eigenvalue weighted by atomic mass is 10.0. The van der Waals surface area contributed by atoms with Crippen molar-refractivity contribution in [1.82, 2.24) is 0 Å². The van der Waals surface area contributed by atoms with Gasteiger partial charge >= 0.3 is 12.4 Å². The Kier molecular flexibility index (Phi) is 4.47. The fraction of sp³-hybridized carbons (Fsp3) is 0.273. The molecular weight excluding hydrogens is 326 g/mol. The van der Waals surface area contributed by atoms with E-state index in [-0.39, 0.29) is 5.33 Å². The molecule has 0 bridgehead atoms. The van der Waals surface area contributed by atoms with Crippen molar-refractivity contribution in [1.29, 1.82) is 0 Å². The van der Waals surface area contributed by atoms with Crippen LogP contribution >= 0.6 is 15.9 Å². The summed E-state index contributed by atoms with van der Waals surface area (Å²) in [6.07, 6.45) is -7.05. The zero-order valence-corrected chi connectivity index (χ0v) is 10.3. The summed E-state index contributed by atoms with van der Waals surface area (Å²) in [6.45, 7) is 0. The third kappa shape index (κ3) is 3.76. The van der Waals surface area contributed by atoms with Crippen LogP contribution in [-0.2, 0) is 12.4 Å². The molecule has 0 N–H and O–H groups in total. The Morgan fingerprint density at radius 3 is 2.06 bits per heavy atom. The van der Waals surface area contributed by atoms with Crippen LogP contribution in [0.3, 0.4) is 0 Å². The number of hydrogen-bond acceptors (Lipinski definition) is 0. The molecule has 0 radical (unpaired) electrons. The lowest BCUT2D eigenvalue weighted by Gasteiger charge is -2.13. The first-order chi connectivity index (χ1) is 8.16. The van der Waals surface area contributed by atoms with Gasteiger partial charge in [0, 0.05) is 5.33 Å². The van der Waals surface area contributed by atoms with Gasteiger partial charge in [-0.25, -0.2) is 0 Å². The third-order valence-corrected chi connectivity index (χ3v) is 2.44. The maximum atomic E-state index is 12.6. The van der Waals surface area contributed by atoms with E-state index in [4.69, 9.17) is 0 Å². The van der Waals surface area contributed by atoms with Gasteiger partial charge in [0.15, 0.2) is 0 Å². The first-order valence-corrected chi connectivity index (χ1v) is 5.79. The van der Waals surface area contributed by atoms with Crippen molar-refractivity contribution in [2.45, 2.75) is 12.4 Å². The molecule has 0 aliphatic heterocycles. The van der Waals surface area contributed by atoms with Gasteiger partial charge < -0.3 is 0 Å². The van der Waals surface area contributed by atoms with E-state index in [1.165, 1.54) is 6.08 Å². The van der Waals surface area contributed by atoms with E-state index in [2.05, 4.69) is 15.9 Å². The Labute approximate surface area is 107 Å². The SMILES string of the molecule is FC(F)(F)c1ccc(C(F)(F)F)c(C=CCBr)c1. The summed E-state index contributed by atoms with van der Waals surface area (Å²) < 4.78 is 74.9. The monoisotopic (exact) mass is 332 g/mol. The second-order valence-electron chi connectivity index (χ2n) is 3.35. The standard InChI is InChI=1S/C11H7BrF6/c12-5-1-2-7-6-8(10(13,14)15)3-4-9(7)11(16,17)18/h1-4,6H,5H2. The van der Waals surface area contributed by atoms with E-state index >= 15 is 0 Å². The van der Waals surface area contributed by atoms with Crippen molar-refractivity contribution in [3.8, 4) is 0 Å². The second kappa shape index (κ2) is 5.34. The molecule has 0 aromatic heterocycles. The molecule has 0 unspecified atom stereocenters. The molecule has 0 aliphatic carbocycles. The lowest BCUT2D eigenvalue weighted by molar-refractivity contribution is -0.141. The molecule has 0 amide bonds. The minimum absolute atomic E-state index is 0.251. The van der Waals surface area contributed by atoms with E-state index in [1.807, 2.05) is 0 Å². The van der Waals surface area contributed by atoms with Gasteiger partial charge in [-0.15, -0.1) is 0 Å². The molecule has 1 rings (SSSR count). The molecule has 1 aromatic rings. The van der Waals surface area contributed by atoms with Crippen LogP contribution in [0.25, 0.3) is 6.08 Å². The highest BCUT2D eigenvalue weighted by Gasteiger charge is 2.36. The maximum absolute atomic E-state index is 12.6. The molecular formula is C11H7BrF6. The minimum Gasteiger partial charge on any atom is -0.166 e. The van der Waals surface area contributed by atoms with Crippen LogP contribution in [0.15, 0.2) is 24.3 Å². The molecule has 1 aromatic carbocycles. The Balaban J connectivity index is 3.34. The fourth-order valence-electron chi connectivity index (χ4n) is 1.31. The lowest BCUT2D eigenvalue weighted by Crippen LogP contribution is -2.11. The highest BCUT2D eigenvalue weighted by Crippen LogP contribution is 2.36. The van der Waals surface area contributed by atoms with Gasteiger partial charge in [-0.3, -0.25) is 0 Å². The minimum atomic E-state index is -4.68. The highest BCUT2D eigenvalue weighted by atomic mass is 79.9. The highest BCUT2D eigenvalue weighted by molar-refractivity contribution is 9.09. The van der Waals surface area contributed by atoms with E-state index in [9.17, 15) is 26.3 Å². The maximum Gasteiger partial charge on any atom is 0.416 e. The molecule has 0 nitrogen and oxygen atoms in total. The normalized spacial score (nSPS) is 13.3. The molecule has 0 saturated carbocycles. The van der Waals surface area contributed by atoms with Gasteiger partial charge in [0.25, 0.3) is 0 Å². The van der Waals surface area contributed by atoms with Crippen molar-refractivity contribution in [3.63, 3.8) is 0 Å². The van der Waals surface area contributed by atoms with Crippen molar-refractivity contribution in [2.75, 3.05) is 5.33 Å². The number of alkyl halides is 7. The van der Waals surface area contributed by atoms with Crippen LogP contribution in [0, 0.1) is 0 Å². The van der Waals surface area contributed by atoms with Gasteiger partial charge in [0.1, 0.15) is 0 Å². The summed E-state index contributed by atoms with van der Waals surface area (Å²) in [5.41, 5.74) is -2.70. The van der Waals surface area contributed by atoms with Gasteiger partial charge in [-0.05, 0) is 23.8 Å². The van der Waals surface area contributed by atoms with Gasteiger partial charge in [-0.1, -0.05) is 28.1 Å². The van der Waals surface area contributed by atoms with Crippen molar-refractivity contribution in [2.24, 2.45) is 0 Å². The zero-order valence-electron chi connectivity index (χ0n) is 8.74. The summed E-state index contributed by atoms with van der Waals surface area (Å²) in [5.74, 6) is 0. The van der Waals surface area contributed by atoms with Gasteiger partial charge in [-0.2, -0.15) is 26.3 Å². The number of halogens is 7. The van der Waals surface area contributed by atoms with E-state index < -0.39 is 29.0 Å². The quantitative estimate of drug-likeness (QED) is 0.520. The average molecular weight is 333 g/mol. The number of rotatable bonds is 2. The predicted molar refractivity (Wildman–Crippen MR) is 59.3 cm³/mol. The second-order valence-corrected chi connectivity index (χ2v) is 4.00. The Bertz CT molecular complexity index is 444. The van der Waals surface area contributed by atoms with Crippen LogP contribution in [-0.4, -0.2) is 5.33 Å². The van der Waals surface area contributed by atoms with Crippen LogP contribution in [0.5, 0.6) is 0 Å². The van der Waals surface area contributed by atoms with Gasteiger partial charge in [0.2, 0.25) is 0 Å². The summed E-state index contributed by atoms with van der Waals surface area (Å²) >= 11 is 2.95. The molecule has 0 fully saturated rings. The van der Waals surface area contributed by atoms with Crippen LogP contribution < -0.4 is 0 Å². The van der Waals surface area contributed by atoms with E-state index in [0.717, 1.165) is 6.08 Å². The first-order valence-electron chi connectivity index (χ1n) is 4.67. The molecule has 0 saturated heterocycles. The molecule has 18 heavy (non-hydrogen) atoms. The van der Waals surface area contributed by atoms with Crippen molar-refractivity contribution >= 4 is 22.0 Å². The summed E-state index contributed by atoms with van der Waals surface area (Å²) in [5, 5.41) is 0.251. The fourth-order valence-corrected chi connectivity index (χ4v) is 1.49. The summed E-state index contributed by atoms with van der Waals surface area (Å²) in [6, 6.07) is 1.35. The van der Waals surface area contributed by atoms with E-state index in [0.29, 0.717) is 18.2 Å². The number of allylic oxidation sites excluding steroid dienone is 1. The smallest absolute Gasteiger partial charge is 0.166 e. The Morgan fingerprint density at radius 1 is 1.00 bits per heavy atom. The largest absolute Gasteiger partial charge is 0.416 e. The average Bonchev–Trinajstić information content (AvgIpc) is 2.23. The van der Waals surface area contributed by atoms with Crippen LogP contribution in [0.1, 0.15) is 16.7 Å². The number of hydrogen-bond donors (Lipinski definition) is 0. The Morgan fingerprint density at radius 2 is 1.61 bits per heavy atom. The Hall–Kier alpha value is -0.980. The summed E-state index contributed by atoms with van der Waals surface area (Å²) in [7, 11) is 0. The van der Waals surface area contributed by atoms with Gasteiger partial charge in [0.05, 0.1) is 11.1 Å². The van der Waals surface area contributed by atoms with Crippen molar-refractivity contribution < 1.29 is 26.3 Å². The third-order valence-electron chi connectivity index (χ3n) is 2.07. The summed E-state index contributed by atoms with van der Waals surface area (Å²) in [4.78, 5) is 0. The molecule has 0 aliphatic rings. The molecule has 100 valence electrons. The first kappa shape index (κ1) is 15.1. The van der Waals surface area contributed by atoms with Crippen LogP contribution in [0.4, 0.5) is 26.3 Å². The zero-order chi connectivity index (χ0) is 14.0. The number of benzene rings is 1. The molecule has 7 heteroatoms. The predicted octanol–water partition coefficient (Wildman–Crippen LogP) is 5.13. The van der Waals surface area contributed by atoms with Crippen molar-refractivity contribution in [3.05, 3.63) is 41.0 Å².